The van der Waals surface area contributed by atoms with E-state index in [4.69, 9.17) is 18.9 Å². The first kappa shape index (κ1) is 38.6. The number of benzene rings is 2. The van der Waals surface area contributed by atoms with Crippen molar-refractivity contribution in [1.82, 2.24) is 19.8 Å². The molecule has 5 rings (SSSR count). The maximum Gasteiger partial charge on any atom is 0.314 e. The Morgan fingerprint density at radius 2 is 1.82 bits per heavy atom. The van der Waals surface area contributed by atoms with Crippen molar-refractivity contribution >= 4 is 22.1 Å². The molecule has 3 amide bonds. The lowest BCUT2D eigenvalue weighted by molar-refractivity contribution is -0.273. The molecule has 0 radical (unpaired) electrons. The fraction of sp³-hybridized carbons (Fsp3) is 0.611. The molecule has 2 fully saturated rings. The third-order valence-electron chi connectivity index (χ3n) is 9.62. The summed E-state index contributed by atoms with van der Waals surface area (Å²) in [6, 6.07) is 11.8. The summed E-state index contributed by atoms with van der Waals surface area (Å²) in [5, 5.41) is 30.7. The van der Waals surface area contributed by atoms with E-state index in [1.165, 1.54) is 10.4 Å². The molecule has 0 saturated carbocycles. The highest BCUT2D eigenvalue weighted by molar-refractivity contribution is 7.89. The van der Waals surface area contributed by atoms with Gasteiger partial charge in [0.05, 0.1) is 31.4 Å². The summed E-state index contributed by atoms with van der Waals surface area (Å²) in [4.78, 5) is 26.0. The Hall–Kier alpha value is -3.63. The van der Waals surface area contributed by atoms with E-state index in [1.54, 1.807) is 12.1 Å². The third kappa shape index (κ3) is 9.63. The number of para-hydroxylation sites is 1. The van der Waals surface area contributed by atoms with E-state index in [1.807, 2.05) is 58.0 Å². The molecular formula is C36H51N4O10S-. The van der Waals surface area contributed by atoms with Crippen LogP contribution in [0.3, 0.4) is 0 Å². The Bertz CT molecular complexity index is 1590. The van der Waals surface area contributed by atoms with E-state index >= 15 is 0 Å². The monoisotopic (exact) mass is 731 g/mol. The van der Waals surface area contributed by atoms with Crippen molar-refractivity contribution in [3.05, 3.63) is 54.1 Å². The number of urea groups is 1. The minimum Gasteiger partial charge on any atom is -0.530 e. The number of carbonyl (C=O) groups excluding carboxylic acids is 2. The summed E-state index contributed by atoms with van der Waals surface area (Å²) < 4.78 is 52.9. The van der Waals surface area contributed by atoms with E-state index in [-0.39, 0.29) is 55.0 Å². The normalized spacial score (nSPS) is 21.0. The third-order valence-corrected chi connectivity index (χ3v) is 11.5. The highest BCUT2D eigenvalue weighted by atomic mass is 32.2. The van der Waals surface area contributed by atoms with Crippen LogP contribution in [0.25, 0.3) is 0 Å². The van der Waals surface area contributed by atoms with Gasteiger partial charge in [-0.05, 0) is 62.6 Å². The summed E-state index contributed by atoms with van der Waals surface area (Å²) >= 11 is 0. The molecular weight excluding hydrogens is 680 g/mol. The molecule has 51 heavy (non-hydrogen) atoms. The number of aliphatic hydroxyl groups is 1. The zero-order chi connectivity index (χ0) is 36.8. The highest BCUT2D eigenvalue weighted by Gasteiger charge is 2.48. The summed E-state index contributed by atoms with van der Waals surface area (Å²) in [7, 11) is -4.32. The molecule has 5 atom stereocenters. The standard InChI is InChI=1S/C36H52N4O10S/c1-24(2)38-34(42)37-17-9-8-16-36(3,4)22-39(51(45,46)31-14-10-13-30-32(31)50-23-49-30)20-29(41)27(19-25-11-6-5-7-12-25)40(35(43)44)28-21-48-33-26(28)15-18-47-33/h5-7,10-14,24,26-29,33,41H,8-9,15-23H2,1-4H3,(H,43,44)(H2,37,38,42)/p-1/t26-,27-,28-,29+,33+/m0/s1. The molecule has 2 aromatic rings. The number of ether oxygens (including phenoxy) is 4. The first-order valence-electron chi connectivity index (χ1n) is 17.6. The number of rotatable bonds is 17. The number of carbonyl (C=O) groups is 2. The van der Waals surface area contributed by atoms with Gasteiger partial charge in [0.1, 0.15) is 11.0 Å². The molecule has 14 nitrogen and oxygen atoms in total. The Kier molecular flexibility index (Phi) is 12.7. The van der Waals surface area contributed by atoms with Crippen molar-refractivity contribution in [1.29, 1.82) is 0 Å². The van der Waals surface area contributed by atoms with Crippen LogP contribution in [0.5, 0.6) is 11.5 Å². The molecule has 0 aromatic heterocycles. The number of unbranched alkanes of at least 4 members (excludes halogenated alkanes) is 1. The van der Waals surface area contributed by atoms with E-state index in [0.717, 1.165) is 10.5 Å². The Balaban J connectivity index is 1.42. The topological polar surface area (TPSA) is 179 Å². The number of amides is 3. The largest absolute Gasteiger partial charge is 0.530 e. The van der Waals surface area contributed by atoms with Gasteiger partial charge in [0.2, 0.25) is 16.8 Å². The van der Waals surface area contributed by atoms with Gasteiger partial charge < -0.3 is 49.5 Å². The number of fused-ring (bicyclic) bond motifs is 2. The van der Waals surface area contributed by atoms with Crippen LogP contribution >= 0.6 is 0 Å². The SMILES string of the molecule is CC(C)NC(=O)NCCCCC(C)(C)CN(C[C@@H](O)[C@H](Cc1ccccc1)N(C(=O)[O-])[C@H]1CO[C@H]2OCC[C@H]21)S(=O)(=O)c1cccc2c1OCO2. The number of aliphatic hydroxyl groups excluding tert-OH is 1. The zero-order valence-electron chi connectivity index (χ0n) is 29.8. The predicted octanol–water partition coefficient (Wildman–Crippen LogP) is 2.69. The summed E-state index contributed by atoms with van der Waals surface area (Å²) in [6.07, 6.45) is -0.817. The Morgan fingerprint density at radius 3 is 2.55 bits per heavy atom. The molecule has 0 unspecified atom stereocenters. The van der Waals surface area contributed by atoms with E-state index in [2.05, 4.69) is 10.6 Å². The second-order valence-corrected chi connectivity index (χ2v) is 16.5. The van der Waals surface area contributed by atoms with Gasteiger partial charge in [0.25, 0.3) is 0 Å². The lowest BCUT2D eigenvalue weighted by Crippen LogP contribution is -2.61. The van der Waals surface area contributed by atoms with Crippen molar-refractivity contribution in [2.75, 3.05) is 39.6 Å². The van der Waals surface area contributed by atoms with E-state index < -0.39 is 52.6 Å². The lowest BCUT2D eigenvalue weighted by atomic mass is 9.87. The molecule has 0 spiro atoms. The van der Waals surface area contributed by atoms with Crippen LogP contribution in [-0.2, 0) is 25.9 Å². The molecule has 0 bridgehead atoms. The van der Waals surface area contributed by atoms with Crippen molar-refractivity contribution in [2.24, 2.45) is 11.3 Å². The summed E-state index contributed by atoms with van der Waals surface area (Å²) in [6.45, 7) is 8.07. The van der Waals surface area contributed by atoms with Gasteiger partial charge in [-0.2, -0.15) is 4.31 Å². The fourth-order valence-corrected chi connectivity index (χ4v) is 8.94. The van der Waals surface area contributed by atoms with Gasteiger partial charge in [-0.3, -0.25) is 0 Å². The second kappa shape index (κ2) is 16.8. The summed E-state index contributed by atoms with van der Waals surface area (Å²) in [5.74, 6) is 0.139. The van der Waals surface area contributed by atoms with Gasteiger partial charge in [-0.25, -0.2) is 13.2 Å². The van der Waals surface area contributed by atoms with E-state index in [9.17, 15) is 28.2 Å². The first-order valence-corrected chi connectivity index (χ1v) is 19.1. The maximum atomic E-state index is 14.6. The molecule has 15 heteroatoms. The van der Waals surface area contributed by atoms with Crippen LogP contribution in [0.1, 0.15) is 58.9 Å². The fourth-order valence-electron chi connectivity index (χ4n) is 7.14. The molecule has 282 valence electrons. The molecule has 3 aliphatic heterocycles. The van der Waals surface area contributed by atoms with E-state index in [0.29, 0.717) is 44.6 Å². The molecule has 2 saturated heterocycles. The van der Waals surface area contributed by atoms with Crippen LogP contribution in [0.15, 0.2) is 53.4 Å². The zero-order valence-corrected chi connectivity index (χ0v) is 30.6. The van der Waals surface area contributed by atoms with Gasteiger partial charge in [0.15, 0.2) is 17.8 Å². The smallest absolute Gasteiger partial charge is 0.314 e. The number of hydrogen-bond donors (Lipinski definition) is 3. The maximum absolute atomic E-state index is 14.6. The van der Waals surface area contributed by atoms with Crippen LogP contribution in [-0.4, -0.2) is 105 Å². The Labute approximate surface area is 300 Å². The molecule has 2 aromatic carbocycles. The highest BCUT2D eigenvalue weighted by Crippen LogP contribution is 2.41. The average Bonchev–Trinajstić information content (AvgIpc) is 3.82. The predicted molar refractivity (Wildman–Crippen MR) is 185 cm³/mol. The van der Waals surface area contributed by atoms with Gasteiger partial charge in [-0.15, -0.1) is 0 Å². The quantitative estimate of drug-likeness (QED) is 0.205. The van der Waals surface area contributed by atoms with Crippen LogP contribution in [0.2, 0.25) is 0 Å². The summed E-state index contributed by atoms with van der Waals surface area (Å²) in [5.41, 5.74) is 0.182. The van der Waals surface area contributed by atoms with Gasteiger partial charge in [0, 0.05) is 31.6 Å². The number of nitrogens with one attached hydrogen (secondary N) is 2. The Morgan fingerprint density at radius 1 is 1.06 bits per heavy atom. The van der Waals surface area contributed by atoms with Crippen LogP contribution in [0.4, 0.5) is 9.59 Å². The van der Waals surface area contributed by atoms with Gasteiger partial charge >= 0.3 is 6.03 Å². The molecule has 0 aliphatic carbocycles. The number of hydrogen-bond acceptors (Lipinski definition) is 10. The first-order chi connectivity index (χ1) is 24.3. The molecule has 3 heterocycles. The van der Waals surface area contributed by atoms with Crippen molar-refractivity contribution in [2.45, 2.75) is 95.2 Å². The van der Waals surface area contributed by atoms with Crippen LogP contribution < -0.4 is 25.2 Å². The number of sulfonamides is 1. The van der Waals surface area contributed by atoms with Crippen molar-refractivity contribution in [3.8, 4) is 11.5 Å². The number of nitrogens with zero attached hydrogens (tertiary/aromatic N) is 2. The lowest BCUT2D eigenvalue weighted by Gasteiger charge is -2.43. The average molecular weight is 732 g/mol. The van der Waals surface area contributed by atoms with Crippen molar-refractivity contribution < 1.29 is 47.2 Å². The second-order valence-electron chi connectivity index (χ2n) is 14.6. The van der Waals surface area contributed by atoms with Gasteiger partial charge in [-0.1, -0.05) is 56.7 Å². The molecule has 3 aliphatic rings. The van der Waals surface area contributed by atoms with Crippen LogP contribution in [0, 0.1) is 11.3 Å². The molecule has 3 N–H and O–H groups in total. The minimum atomic E-state index is -4.32. The van der Waals surface area contributed by atoms with Crippen molar-refractivity contribution in [3.63, 3.8) is 0 Å². The number of carboxylic acid groups (broad SMARTS) is 1. The minimum absolute atomic E-state index is 0.00659.